The molecule has 1 aliphatic heterocycles. The summed E-state index contributed by atoms with van der Waals surface area (Å²) in [7, 11) is 1.89. The molecule has 0 radical (unpaired) electrons. The molecule has 1 aliphatic rings. The molecule has 2 heterocycles. The highest BCUT2D eigenvalue weighted by Crippen LogP contribution is 2.30. The Morgan fingerprint density at radius 1 is 1.15 bits per heavy atom. The fourth-order valence-corrected chi connectivity index (χ4v) is 4.13. The van der Waals surface area contributed by atoms with Crippen molar-refractivity contribution in [3.63, 3.8) is 0 Å². The number of carbonyl (C=O) groups is 1. The maximum absolute atomic E-state index is 12.7. The molecule has 3 aromatic rings. The molecule has 0 saturated carbocycles. The quantitative estimate of drug-likeness (QED) is 0.642. The van der Waals surface area contributed by atoms with Crippen molar-refractivity contribution in [2.24, 2.45) is 7.05 Å². The van der Waals surface area contributed by atoms with E-state index in [-0.39, 0.29) is 5.91 Å². The summed E-state index contributed by atoms with van der Waals surface area (Å²) in [5.74, 6) is 1.10. The van der Waals surface area contributed by atoms with Gasteiger partial charge in [0.1, 0.15) is 0 Å². The second kappa shape index (κ2) is 7.13. The summed E-state index contributed by atoms with van der Waals surface area (Å²) in [5.41, 5.74) is 3.08. The Labute approximate surface area is 161 Å². The summed E-state index contributed by atoms with van der Waals surface area (Å²) in [6, 6.07) is 15.6. The van der Waals surface area contributed by atoms with Gasteiger partial charge >= 0.3 is 0 Å². The maximum atomic E-state index is 12.7. The van der Waals surface area contributed by atoms with Crippen molar-refractivity contribution in [3.05, 3.63) is 59.1 Å². The normalized spacial score (nSPS) is 13.1. The summed E-state index contributed by atoms with van der Waals surface area (Å²) in [6.45, 7) is 0.739. The molecule has 0 bridgehead atoms. The third-order valence-electron chi connectivity index (χ3n) is 4.46. The Balaban J connectivity index is 1.48. The Bertz CT molecular complexity index is 972. The first-order valence-electron chi connectivity index (χ1n) is 8.30. The standard InChI is InChI=1S/C19H17ClN4OS/c1-23-18(14-7-3-4-8-15(14)20)21-22-19(23)26-12-17(25)24-11-10-13-6-2-5-9-16(13)24/h2-9H,10-12H2,1H3. The number of anilines is 1. The van der Waals surface area contributed by atoms with Crippen LogP contribution in [0.2, 0.25) is 5.02 Å². The monoisotopic (exact) mass is 384 g/mol. The minimum absolute atomic E-state index is 0.0854. The van der Waals surface area contributed by atoms with E-state index in [2.05, 4.69) is 16.3 Å². The zero-order chi connectivity index (χ0) is 18.1. The lowest BCUT2D eigenvalue weighted by molar-refractivity contribution is -0.116. The molecule has 0 fully saturated rings. The van der Waals surface area contributed by atoms with E-state index in [1.54, 1.807) is 0 Å². The molecule has 0 aliphatic carbocycles. The van der Waals surface area contributed by atoms with Gasteiger partial charge in [-0.25, -0.2) is 0 Å². The minimum atomic E-state index is 0.0854. The molecule has 0 atom stereocenters. The average Bonchev–Trinajstić information content (AvgIpc) is 3.24. The molecular weight excluding hydrogens is 368 g/mol. The molecule has 4 rings (SSSR count). The molecule has 5 nitrogen and oxygen atoms in total. The zero-order valence-electron chi connectivity index (χ0n) is 14.2. The lowest BCUT2D eigenvalue weighted by Gasteiger charge is -2.16. The lowest BCUT2D eigenvalue weighted by atomic mass is 10.2. The van der Waals surface area contributed by atoms with Gasteiger partial charge in [0.25, 0.3) is 0 Å². The predicted octanol–water partition coefficient (Wildman–Crippen LogP) is 3.82. The van der Waals surface area contributed by atoms with E-state index >= 15 is 0 Å². The summed E-state index contributed by atoms with van der Waals surface area (Å²) in [6.07, 6.45) is 0.910. The largest absolute Gasteiger partial charge is 0.311 e. The number of fused-ring (bicyclic) bond motifs is 1. The van der Waals surface area contributed by atoms with Crippen LogP contribution in [0.5, 0.6) is 0 Å². The molecule has 2 aromatic carbocycles. The van der Waals surface area contributed by atoms with Crippen molar-refractivity contribution in [1.29, 1.82) is 0 Å². The number of carbonyl (C=O) groups excluding carboxylic acids is 1. The predicted molar refractivity (Wildman–Crippen MR) is 105 cm³/mol. The molecule has 0 unspecified atom stereocenters. The van der Waals surface area contributed by atoms with Crippen LogP contribution < -0.4 is 4.90 Å². The van der Waals surface area contributed by atoms with Crippen LogP contribution in [0.1, 0.15) is 5.56 Å². The first-order valence-corrected chi connectivity index (χ1v) is 9.67. The number of hydrogen-bond donors (Lipinski definition) is 0. The van der Waals surface area contributed by atoms with E-state index in [9.17, 15) is 4.79 Å². The highest BCUT2D eigenvalue weighted by atomic mass is 35.5. The van der Waals surface area contributed by atoms with Crippen LogP contribution in [0.3, 0.4) is 0 Å². The van der Waals surface area contributed by atoms with E-state index in [4.69, 9.17) is 11.6 Å². The highest BCUT2D eigenvalue weighted by molar-refractivity contribution is 7.99. The van der Waals surface area contributed by atoms with Gasteiger partial charge in [-0.05, 0) is 30.2 Å². The number of benzene rings is 2. The van der Waals surface area contributed by atoms with Gasteiger partial charge in [0.2, 0.25) is 5.91 Å². The van der Waals surface area contributed by atoms with Crippen molar-refractivity contribution >= 4 is 35.0 Å². The number of halogens is 1. The van der Waals surface area contributed by atoms with E-state index in [0.717, 1.165) is 24.2 Å². The molecule has 26 heavy (non-hydrogen) atoms. The van der Waals surface area contributed by atoms with Gasteiger partial charge in [0, 0.05) is 24.8 Å². The van der Waals surface area contributed by atoms with Gasteiger partial charge in [-0.1, -0.05) is 53.7 Å². The number of amides is 1. The van der Waals surface area contributed by atoms with E-state index in [1.807, 2.05) is 59.0 Å². The number of rotatable bonds is 4. The number of hydrogen-bond acceptors (Lipinski definition) is 4. The van der Waals surface area contributed by atoms with Crippen LogP contribution in [0, 0.1) is 0 Å². The molecule has 1 aromatic heterocycles. The number of aromatic nitrogens is 3. The van der Waals surface area contributed by atoms with Crippen LogP contribution >= 0.6 is 23.4 Å². The number of thioether (sulfide) groups is 1. The first kappa shape index (κ1) is 17.1. The van der Waals surface area contributed by atoms with E-state index in [0.29, 0.717) is 21.8 Å². The molecule has 0 N–H and O–H groups in total. The summed E-state index contributed by atoms with van der Waals surface area (Å²) >= 11 is 7.65. The SMILES string of the molecule is Cn1c(SCC(=O)N2CCc3ccccc32)nnc1-c1ccccc1Cl. The highest BCUT2D eigenvalue weighted by Gasteiger charge is 2.24. The fraction of sp³-hybridized carbons (Fsp3) is 0.211. The van der Waals surface area contributed by atoms with Crippen LogP contribution in [-0.2, 0) is 18.3 Å². The molecule has 132 valence electrons. The second-order valence-electron chi connectivity index (χ2n) is 6.06. The third-order valence-corrected chi connectivity index (χ3v) is 5.80. The summed E-state index contributed by atoms with van der Waals surface area (Å²) in [5, 5.41) is 9.79. The Morgan fingerprint density at radius 2 is 1.92 bits per heavy atom. The van der Waals surface area contributed by atoms with Crippen LogP contribution in [-0.4, -0.2) is 33.0 Å². The second-order valence-corrected chi connectivity index (χ2v) is 7.41. The van der Waals surface area contributed by atoms with E-state index in [1.165, 1.54) is 17.3 Å². The summed E-state index contributed by atoms with van der Waals surface area (Å²) < 4.78 is 1.87. The van der Waals surface area contributed by atoms with Gasteiger partial charge in [-0.15, -0.1) is 10.2 Å². The van der Waals surface area contributed by atoms with Crippen molar-refractivity contribution < 1.29 is 4.79 Å². The fourth-order valence-electron chi connectivity index (χ4n) is 3.12. The summed E-state index contributed by atoms with van der Waals surface area (Å²) in [4.78, 5) is 14.5. The molecule has 0 spiro atoms. The van der Waals surface area contributed by atoms with Crippen molar-refractivity contribution in [2.45, 2.75) is 11.6 Å². The van der Waals surface area contributed by atoms with Gasteiger partial charge in [-0.3, -0.25) is 4.79 Å². The van der Waals surface area contributed by atoms with Crippen LogP contribution in [0.4, 0.5) is 5.69 Å². The zero-order valence-corrected chi connectivity index (χ0v) is 15.8. The maximum Gasteiger partial charge on any atom is 0.237 e. The van der Waals surface area contributed by atoms with Crippen LogP contribution in [0.15, 0.2) is 53.7 Å². The molecule has 0 saturated heterocycles. The Hall–Kier alpha value is -2.31. The van der Waals surface area contributed by atoms with Crippen LogP contribution in [0.25, 0.3) is 11.4 Å². The van der Waals surface area contributed by atoms with Crippen molar-refractivity contribution in [1.82, 2.24) is 14.8 Å². The molecule has 7 heteroatoms. The smallest absolute Gasteiger partial charge is 0.237 e. The van der Waals surface area contributed by atoms with Gasteiger partial charge in [-0.2, -0.15) is 0 Å². The number of nitrogens with zero attached hydrogens (tertiary/aromatic N) is 4. The van der Waals surface area contributed by atoms with Crippen molar-refractivity contribution in [3.8, 4) is 11.4 Å². The number of para-hydroxylation sites is 1. The first-order chi connectivity index (χ1) is 12.6. The van der Waals surface area contributed by atoms with Crippen molar-refractivity contribution in [2.75, 3.05) is 17.2 Å². The average molecular weight is 385 g/mol. The third kappa shape index (κ3) is 3.10. The van der Waals surface area contributed by atoms with Gasteiger partial charge in [0.05, 0.1) is 10.8 Å². The Morgan fingerprint density at radius 3 is 2.77 bits per heavy atom. The topological polar surface area (TPSA) is 51.0 Å². The van der Waals surface area contributed by atoms with E-state index < -0.39 is 0 Å². The lowest BCUT2D eigenvalue weighted by Crippen LogP contribution is -2.30. The molecular formula is C19H17ClN4OS. The molecule has 1 amide bonds. The minimum Gasteiger partial charge on any atom is -0.311 e. The Kier molecular flexibility index (Phi) is 4.70. The van der Waals surface area contributed by atoms with Gasteiger partial charge in [0.15, 0.2) is 11.0 Å². The van der Waals surface area contributed by atoms with Gasteiger partial charge < -0.3 is 9.47 Å².